The van der Waals surface area contributed by atoms with E-state index in [0.717, 1.165) is 0 Å². The van der Waals surface area contributed by atoms with Crippen LogP contribution in [0.25, 0.3) is 0 Å². The topological polar surface area (TPSA) is 87.5 Å². The highest BCUT2D eigenvalue weighted by Gasteiger charge is 2.19. The average molecular weight is 412 g/mol. The second kappa shape index (κ2) is 11.6. The van der Waals surface area contributed by atoms with Crippen LogP contribution in [0.1, 0.15) is 18.8 Å². The highest BCUT2D eigenvalue weighted by atomic mass is 32.2. The number of hydrogen-bond donors (Lipinski definition) is 1. The van der Waals surface area contributed by atoms with Gasteiger partial charge in [-0.15, -0.1) is 10.2 Å². The fourth-order valence-electron chi connectivity index (χ4n) is 2.44. The Balaban J connectivity index is 2.06. The van der Waals surface area contributed by atoms with Crippen LogP contribution in [0, 0.1) is 5.82 Å². The summed E-state index contributed by atoms with van der Waals surface area (Å²) in [5.41, 5.74) is 0. The van der Waals surface area contributed by atoms with Crippen molar-refractivity contribution in [3.05, 3.63) is 35.9 Å². The van der Waals surface area contributed by atoms with Crippen molar-refractivity contribution >= 4 is 17.7 Å². The molecule has 0 unspecified atom stereocenters. The molecular formula is C18H25FN4O4S. The molecule has 0 radical (unpaired) electrons. The zero-order chi connectivity index (χ0) is 20.4. The number of hydrogen-bond acceptors (Lipinski definition) is 7. The third-order valence-corrected chi connectivity index (χ3v) is 4.68. The standard InChI is InChI=1S/C18H25FN4O4S/c1-13(10-26-3)23-16(11-27-15-7-5-4-6-14(15)19)21-22-18(23)28-12-17(24)20-8-9-25-2/h4-7,13H,8-12H2,1-3H3,(H,20,24)/t13-/m0/s1. The molecular weight excluding hydrogens is 387 g/mol. The van der Waals surface area contributed by atoms with Crippen molar-refractivity contribution in [2.45, 2.75) is 24.7 Å². The molecule has 0 aliphatic rings. The SMILES string of the molecule is COCCNC(=O)CSc1nnc(COc2ccccc2F)n1[C@@H](C)COC. The molecule has 0 saturated heterocycles. The first kappa shape index (κ1) is 22.1. The number of halogens is 1. The van der Waals surface area contributed by atoms with Crippen LogP contribution in [0.5, 0.6) is 5.75 Å². The van der Waals surface area contributed by atoms with Crippen LogP contribution in [0.15, 0.2) is 29.4 Å². The number of para-hydroxylation sites is 1. The van der Waals surface area contributed by atoms with Crippen LogP contribution in [-0.4, -0.2) is 60.4 Å². The van der Waals surface area contributed by atoms with Gasteiger partial charge in [0.15, 0.2) is 22.5 Å². The first-order valence-electron chi connectivity index (χ1n) is 8.75. The van der Waals surface area contributed by atoms with Crippen molar-refractivity contribution in [2.24, 2.45) is 0 Å². The third-order valence-electron chi connectivity index (χ3n) is 3.74. The van der Waals surface area contributed by atoms with E-state index in [1.54, 1.807) is 32.4 Å². The normalized spacial score (nSPS) is 12.0. The Morgan fingerprint density at radius 2 is 2.07 bits per heavy atom. The van der Waals surface area contributed by atoms with Crippen molar-refractivity contribution < 1.29 is 23.4 Å². The molecule has 1 N–H and O–H groups in total. The number of carbonyl (C=O) groups excluding carboxylic acids is 1. The van der Waals surface area contributed by atoms with Crippen molar-refractivity contribution in [3.8, 4) is 5.75 Å². The van der Waals surface area contributed by atoms with E-state index in [0.29, 0.717) is 30.7 Å². The van der Waals surface area contributed by atoms with Gasteiger partial charge in [0.1, 0.15) is 6.61 Å². The van der Waals surface area contributed by atoms with Crippen molar-refractivity contribution in [1.82, 2.24) is 20.1 Å². The molecule has 1 heterocycles. The largest absolute Gasteiger partial charge is 0.483 e. The minimum absolute atomic E-state index is 0.0442. The molecule has 0 fully saturated rings. The van der Waals surface area contributed by atoms with Gasteiger partial charge in [0.25, 0.3) is 0 Å². The molecule has 2 aromatic rings. The average Bonchev–Trinajstić information content (AvgIpc) is 3.09. The van der Waals surface area contributed by atoms with E-state index in [1.165, 1.54) is 17.8 Å². The van der Waals surface area contributed by atoms with Crippen LogP contribution in [0.2, 0.25) is 0 Å². The van der Waals surface area contributed by atoms with Gasteiger partial charge in [0, 0.05) is 20.8 Å². The van der Waals surface area contributed by atoms with Crippen LogP contribution in [0.4, 0.5) is 4.39 Å². The summed E-state index contributed by atoms with van der Waals surface area (Å²) in [6.07, 6.45) is 0. The highest BCUT2D eigenvalue weighted by molar-refractivity contribution is 7.99. The number of ether oxygens (including phenoxy) is 3. The lowest BCUT2D eigenvalue weighted by Crippen LogP contribution is -2.28. The van der Waals surface area contributed by atoms with Crippen molar-refractivity contribution in [3.63, 3.8) is 0 Å². The van der Waals surface area contributed by atoms with Gasteiger partial charge in [-0.25, -0.2) is 4.39 Å². The molecule has 10 heteroatoms. The van der Waals surface area contributed by atoms with E-state index in [4.69, 9.17) is 14.2 Å². The number of carbonyl (C=O) groups is 1. The molecule has 0 bridgehead atoms. The van der Waals surface area contributed by atoms with Gasteiger partial charge in [-0.05, 0) is 19.1 Å². The third kappa shape index (κ3) is 6.47. The summed E-state index contributed by atoms with van der Waals surface area (Å²) in [6.45, 7) is 3.32. The van der Waals surface area contributed by atoms with Crippen LogP contribution >= 0.6 is 11.8 Å². The summed E-state index contributed by atoms with van der Waals surface area (Å²) < 4.78 is 31.3. The molecule has 0 aliphatic carbocycles. The van der Waals surface area contributed by atoms with Gasteiger partial charge in [0.05, 0.1) is 25.0 Å². The first-order valence-corrected chi connectivity index (χ1v) is 9.73. The van der Waals surface area contributed by atoms with Crippen LogP contribution in [-0.2, 0) is 20.9 Å². The summed E-state index contributed by atoms with van der Waals surface area (Å²) in [4.78, 5) is 11.9. The van der Waals surface area contributed by atoms with E-state index in [9.17, 15) is 9.18 Å². The minimum Gasteiger partial charge on any atom is -0.483 e. The Labute approximate surface area is 167 Å². The fraction of sp³-hybridized carbons (Fsp3) is 0.500. The van der Waals surface area contributed by atoms with Gasteiger partial charge in [0.2, 0.25) is 5.91 Å². The summed E-state index contributed by atoms with van der Waals surface area (Å²) in [7, 11) is 3.18. The molecule has 28 heavy (non-hydrogen) atoms. The molecule has 1 aromatic heterocycles. The van der Waals surface area contributed by atoms with Crippen LogP contribution in [0.3, 0.4) is 0 Å². The summed E-state index contributed by atoms with van der Waals surface area (Å²) >= 11 is 1.26. The van der Waals surface area contributed by atoms with E-state index >= 15 is 0 Å². The molecule has 1 aromatic carbocycles. The van der Waals surface area contributed by atoms with Crippen molar-refractivity contribution in [2.75, 3.05) is 39.7 Å². The zero-order valence-electron chi connectivity index (χ0n) is 16.2. The van der Waals surface area contributed by atoms with Gasteiger partial charge in [-0.2, -0.15) is 0 Å². The molecule has 0 saturated carbocycles. The Morgan fingerprint density at radius 3 is 2.79 bits per heavy atom. The summed E-state index contributed by atoms with van der Waals surface area (Å²) in [5, 5.41) is 11.6. The number of nitrogens with zero attached hydrogens (tertiary/aromatic N) is 3. The van der Waals surface area contributed by atoms with Gasteiger partial charge < -0.3 is 19.5 Å². The molecule has 0 spiro atoms. The number of methoxy groups -OCH3 is 2. The molecule has 1 amide bonds. The van der Waals surface area contributed by atoms with Crippen LogP contribution < -0.4 is 10.1 Å². The predicted octanol–water partition coefficient (Wildman–Crippen LogP) is 2.06. The summed E-state index contributed by atoms with van der Waals surface area (Å²) in [5.74, 6) is 0.287. The second-order valence-corrected chi connectivity index (χ2v) is 6.87. The van der Waals surface area contributed by atoms with E-state index in [-0.39, 0.29) is 30.1 Å². The first-order chi connectivity index (χ1) is 13.6. The molecule has 2 rings (SSSR count). The lowest BCUT2D eigenvalue weighted by molar-refractivity contribution is -0.118. The number of amides is 1. The minimum atomic E-state index is -0.444. The van der Waals surface area contributed by atoms with E-state index in [1.807, 2.05) is 11.5 Å². The second-order valence-electron chi connectivity index (χ2n) is 5.92. The van der Waals surface area contributed by atoms with E-state index in [2.05, 4.69) is 15.5 Å². The number of benzene rings is 1. The van der Waals surface area contributed by atoms with Crippen molar-refractivity contribution in [1.29, 1.82) is 0 Å². The Bertz CT molecular complexity index is 759. The quantitative estimate of drug-likeness (QED) is 0.422. The maximum absolute atomic E-state index is 13.8. The van der Waals surface area contributed by atoms with Gasteiger partial charge in [-0.3, -0.25) is 9.36 Å². The predicted molar refractivity (Wildman–Crippen MR) is 103 cm³/mol. The lowest BCUT2D eigenvalue weighted by Gasteiger charge is -2.17. The number of thioether (sulfide) groups is 1. The molecule has 154 valence electrons. The Morgan fingerprint density at radius 1 is 1.29 bits per heavy atom. The lowest BCUT2D eigenvalue weighted by atomic mass is 10.3. The number of rotatable bonds is 12. The molecule has 8 nitrogen and oxygen atoms in total. The molecule has 1 atom stereocenters. The number of aromatic nitrogens is 3. The smallest absolute Gasteiger partial charge is 0.230 e. The zero-order valence-corrected chi connectivity index (χ0v) is 17.0. The van der Waals surface area contributed by atoms with E-state index < -0.39 is 5.82 Å². The fourth-order valence-corrected chi connectivity index (χ4v) is 3.33. The monoisotopic (exact) mass is 412 g/mol. The maximum atomic E-state index is 13.8. The maximum Gasteiger partial charge on any atom is 0.230 e. The van der Waals surface area contributed by atoms with Gasteiger partial charge >= 0.3 is 0 Å². The number of nitrogens with one attached hydrogen (secondary N) is 1. The Kier molecular flexibility index (Phi) is 9.18. The van der Waals surface area contributed by atoms with Gasteiger partial charge in [-0.1, -0.05) is 23.9 Å². The highest BCUT2D eigenvalue weighted by Crippen LogP contribution is 2.23. The summed E-state index contributed by atoms with van der Waals surface area (Å²) in [6, 6.07) is 6.09. The Hall–Kier alpha value is -2.17. The molecule has 0 aliphatic heterocycles.